The number of nitrogens with two attached hydrogens (primary N) is 1. The molecule has 0 aliphatic carbocycles. The highest BCUT2D eigenvalue weighted by Crippen LogP contribution is 2.32. The minimum absolute atomic E-state index is 0.0114. The predicted octanol–water partition coefficient (Wildman–Crippen LogP) is 1.90. The number of aliphatic hydroxyl groups is 2. The average molecular weight is 525 g/mol. The van der Waals surface area contributed by atoms with E-state index in [-0.39, 0.29) is 38.2 Å². The molecule has 1 fully saturated rings. The minimum atomic E-state index is -4.64. The zero-order valence-electron chi connectivity index (χ0n) is 20.1. The second-order valence-electron chi connectivity index (χ2n) is 9.27. The van der Waals surface area contributed by atoms with Gasteiger partial charge in [-0.05, 0) is 31.5 Å². The summed E-state index contributed by atoms with van der Waals surface area (Å²) in [4.78, 5) is 23.2. The Labute approximate surface area is 210 Å². The number of primary amides is 1. The number of hydrogen-bond donors (Lipinski definition) is 3. The number of alkyl halides is 3. The van der Waals surface area contributed by atoms with E-state index in [1.54, 1.807) is 26.6 Å². The van der Waals surface area contributed by atoms with Crippen LogP contribution in [0.15, 0.2) is 36.8 Å². The van der Waals surface area contributed by atoms with Crippen molar-refractivity contribution in [1.29, 1.82) is 0 Å². The van der Waals surface area contributed by atoms with Crippen LogP contribution in [0, 0.1) is 5.82 Å². The molecule has 0 saturated carbocycles. The van der Waals surface area contributed by atoms with Crippen molar-refractivity contribution in [2.45, 2.75) is 44.3 Å². The maximum atomic E-state index is 14.5. The Morgan fingerprint density at radius 1 is 1.30 bits per heavy atom. The van der Waals surface area contributed by atoms with Crippen LogP contribution < -0.4 is 10.6 Å². The van der Waals surface area contributed by atoms with Gasteiger partial charge in [0.25, 0.3) is 0 Å². The van der Waals surface area contributed by atoms with Crippen LogP contribution in [0.3, 0.4) is 0 Å². The molecule has 9 nitrogen and oxygen atoms in total. The minimum Gasteiger partial charge on any atom is -0.389 e. The third-order valence-corrected chi connectivity index (χ3v) is 6.69. The number of halogens is 4. The van der Waals surface area contributed by atoms with E-state index in [9.17, 15) is 32.6 Å². The van der Waals surface area contributed by atoms with E-state index in [1.165, 1.54) is 6.33 Å². The Balaban J connectivity index is 1.56. The Morgan fingerprint density at radius 3 is 2.68 bits per heavy atom. The van der Waals surface area contributed by atoms with Crippen LogP contribution in [-0.2, 0) is 24.1 Å². The molecule has 1 aliphatic heterocycles. The summed E-state index contributed by atoms with van der Waals surface area (Å²) in [5.74, 6) is -1.03. The fraction of sp³-hybridized carbons (Fsp3) is 0.458. The van der Waals surface area contributed by atoms with Gasteiger partial charge < -0.3 is 25.4 Å². The van der Waals surface area contributed by atoms with E-state index in [0.29, 0.717) is 36.0 Å². The van der Waals surface area contributed by atoms with Crippen molar-refractivity contribution in [2.24, 2.45) is 5.73 Å². The molecule has 0 bridgehead atoms. The number of rotatable bonds is 8. The molecule has 37 heavy (non-hydrogen) atoms. The highest BCUT2D eigenvalue weighted by molar-refractivity contribution is 5.87. The summed E-state index contributed by atoms with van der Waals surface area (Å²) < 4.78 is 54.9. The predicted molar refractivity (Wildman–Crippen MR) is 127 cm³/mol. The van der Waals surface area contributed by atoms with E-state index in [1.807, 2.05) is 6.92 Å². The molecule has 1 amide bonds. The van der Waals surface area contributed by atoms with Crippen molar-refractivity contribution in [3.63, 3.8) is 0 Å². The van der Waals surface area contributed by atoms with Gasteiger partial charge in [0, 0.05) is 37.9 Å². The first-order chi connectivity index (χ1) is 17.4. The van der Waals surface area contributed by atoms with Crippen LogP contribution in [0.5, 0.6) is 0 Å². The second kappa shape index (κ2) is 10.2. The molecule has 2 atom stereocenters. The number of aromatic nitrogens is 3. The lowest BCUT2D eigenvalue weighted by Gasteiger charge is -2.42. The number of nitrogens with zero attached hydrogens (tertiary/aromatic N) is 5. The lowest BCUT2D eigenvalue weighted by Crippen LogP contribution is -2.58. The zero-order valence-corrected chi connectivity index (χ0v) is 20.1. The number of piperidine rings is 1. The van der Waals surface area contributed by atoms with E-state index in [4.69, 9.17) is 5.73 Å². The summed E-state index contributed by atoms with van der Waals surface area (Å²) in [5, 5.41) is 22.4. The number of anilines is 1. The number of likely N-dealkylation sites (tertiary alicyclic amines) is 1. The summed E-state index contributed by atoms with van der Waals surface area (Å²) in [6.45, 7) is 2.65. The summed E-state index contributed by atoms with van der Waals surface area (Å²) in [5.41, 5.74) is 3.25. The number of amides is 1. The van der Waals surface area contributed by atoms with Gasteiger partial charge in [-0.15, -0.1) is 0 Å². The monoisotopic (exact) mass is 524 g/mol. The molecule has 1 saturated heterocycles. The van der Waals surface area contributed by atoms with Gasteiger partial charge in [-0.2, -0.15) is 13.2 Å². The van der Waals surface area contributed by atoms with Gasteiger partial charge in [-0.3, -0.25) is 9.69 Å². The molecule has 200 valence electrons. The number of carbonyl (C=O) groups excluding carboxylic acids is 1. The summed E-state index contributed by atoms with van der Waals surface area (Å²) in [6, 6.07) is 4.18. The topological polar surface area (TPSA) is 121 Å². The van der Waals surface area contributed by atoms with Gasteiger partial charge in [0.1, 0.15) is 29.2 Å². The molecule has 3 aromatic rings. The lowest BCUT2D eigenvalue weighted by atomic mass is 9.88. The number of carbonyl (C=O) groups is 1. The van der Waals surface area contributed by atoms with Crippen molar-refractivity contribution < 1.29 is 32.6 Å². The highest BCUT2D eigenvalue weighted by Gasteiger charge is 2.41. The van der Waals surface area contributed by atoms with Crippen LogP contribution in [0.2, 0.25) is 0 Å². The molecular formula is C24H28F4N6O3. The Hall–Kier alpha value is -3.29. The normalized spacial score (nSPS) is 20.9. The number of β-amino-alcohol motifs (C(OH)–C–C–N with tert-alkyl or cyclic N) is 1. The molecule has 1 aliphatic rings. The molecule has 4 N–H and O–H groups in total. The molecule has 0 radical (unpaired) electrons. The van der Waals surface area contributed by atoms with E-state index in [2.05, 4.69) is 9.97 Å². The van der Waals surface area contributed by atoms with Gasteiger partial charge in [0.15, 0.2) is 0 Å². The fourth-order valence-electron chi connectivity index (χ4n) is 4.63. The first-order valence-electron chi connectivity index (χ1n) is 11.7. The molecule has 2 aromatic heterocycles. The van der Waals surface area contributed by atoms with Crippen LogP contribution in [-0.4, -0.2) is 73.4 Å². The van der Waals surface area contributed by atoms with Crippen molar-refractivity contribution >= 4 is 22.8 Å². The maximum Gasteiger partial charge on any atom is 0.416 e. The van der Waals surface area contributed by atoms with Gasteiger partial charge >= 0.3 is 6.18 Å². The van der Waals surface area contributed by atoms with Crippen LogP contribution in [0.25, 0.3) is 11.0 Å². The summed E-state index contributed by atoms with van der Waals surface area (Å²) in [6.07, 6.45) is -2.56. The Kier molecular flexibility index (Phi) is 7.40. The molecular weight excluding hydrogens is 496 g/mol. The van der Waals surface area contributed by atoms with Crippen LogP contribution in [0.4, 0.5) is 23.4 Å². The first kappa shape index (κ1) is 26.8. The molecule has 0 unspecified atom stereocenters. The van der Waals surface area contributed by atoms with Crippen LogP contribution in [0.1, 0.15) is 24.5 Å². The number of hydrogen-bond acceptors (Lipinski definition) is 7. The largest absolute Gasteiger partial charge is 0.416 e. The van der Waals surface area contributed by atoms with Gasteiger partial charge in [-0.25, -0.2) is 14.4 Å². The quantitative estimate of drug-likeness (QED) is 0.385. The number of aliphatic hydroxyl groups excluding tert-OH is 1. The standard InChI is InChI=1S/C24H28F4N6O3/c1-2-33(10-15-3-4-16(9-18(15)25)24(26,27)28)21-17-5-7-34(22(17)31-14-30-21)13-23(37)6-8-32(11-19(23)35)12-20(29)36/h3-5,7,9,14,19,35,37H,2,6,8,10-13H2,1H3,(H2,29,36)/t19-,23-/m1/s1. The molecule has 4 rings (SSSR count). The third kappa shape index (κ3) is 5.68. The van der Waals surface area contributed by atoms with E-state index < -0.39 is 35.2 Å². The van der Waals surface area contributed by atoms with Gasteiger partial charge in [0.05, 0.1) is 30.1 Å². The summed E-state index contributed by atoms with van der Waals surface area (Å²) >= 11 is 0. The summed E-state index contributed by atoms with van der Waals surface area (Å²) in [7, 11) is 0. The molecule has 3 heterocycles. The SMILES string of the molecule is CCN(Cc1ccc(C(F)(F)F)cc1F)c1ncnc2c1ccn2C[C@]1(O)CCN(CC(N)=O)C[C@H]1O. The highest BCUT2D eigenvalue weighted by atomic mass is 19.4. The number of fused-ring (bicyclic) bond motifs is 1. The average Bonchev–Trinajstić information content (AvgIpc) is 3.23. The molecule has 1 aromatic carbocycles. The Bertz CT molecular complexity index is 1280. The van der Waals surface area contributed by atoms with Crippen LogP contribution >= 0.6 is 0 Å². The van der Waals surface area contributed by atoms with Gasteiger partial charge in [0.2, 0.25) is 5.91 Å². The third-order valence-electron chi connectivity index (χ3n) is 6.69. The Morgan fingerprint density at radius 2 is 2.05 bits per heavy atom. The van der Waals surface area contributed by atoms with Crippen molar-refractivity contribution in [3.8, 4) is 0 Å². The fourth-order valence-corrected chi connectivity index (χ4v) is 4.63. The zero-order chi connectivity index (χ0) is 27.0. The molecule has 0 spiro atoms. The molecule has 13 heteroatoms. The first-order valence-corrected chi connectivity index (χ1v) is 11.7. The second-order valence-corrected chi connectivity index (χ2v) is 9.27. The van der Waals surface area contributed by atoms with Crippen molar-refractivity contribution in [1.82, 2.24) is 19.4 Å². The lowest BCUT2D eigenvalue weighted by molar-refractivity contribution is -0.137. The van der Waals surface area contributed by atoms with E-state index >= 15 is 0 Å². The van der Waals surface area contributed by atoms with Crippen molar-refractivity contribution in [2.75, 3.05) is 31.1 Å². The smallest absolute Gasteiger partial charge is 0.389 e. The number of benzene rings is 1. The van der Waals surface area contributed by atoms with E-state index in [0.717, 1.165) is 12.1 Å². The maximum absolute atomic E-state index is 14.5. The van der Waals surface area contributed by atoms with Crippen molar-refractivity contribution in [3.05, 3.63) is 53.7 Å². The van der Waals surface area contributed by atoms with Gasteiger partial charge in [-0.1, -0.05) is 6.07 Å².